The Kier molecular flexibility index (Phi) is 4.07. The van der Waals surface area contributed by atoms with E-state index >= 15 is 0 Å². The van der Waals surface area contributed by atoms with Crippen molar-refractivity contribution in [2.24, 2.45) is 0 Å². The number of nitrogens with one attached hydrogen (secondary N) is 1. The van der Waals surface area contributed by atoms with E-state index in [-0.39, 0.29) is 0 Å². The number of benzene rings is 1. The highest BCUT2D eigenvalue weighted by atomic mass is 19.1. The summed E-state index contributed by atoms with van der Waals surface area (Å²) in [5.41, 5.74) is 0.711. The monoisotopic (exact) mass is 240 g/mol. The summed E-state index contributed by atoms with van der Waals surface area (Å²) in [6.07, 6.45) is 1.05. The third-order valence-corrected chi connectivity index (χ3v) is 3.10. The molecule has 1 saturated heterocycles. The summed E-state index contributed by atoms with van der Waals surface area (Å²) in [6.45, 7) is 5.64. The third-order valence-electron chi connectivity index (χ3n) is 3.10. The van der Waals surface area contributed by atoms with E-state index in [2.05, 4.69) is 17.1 Å². The minimum atomic E-state index is -0.497. The predicted molar refractivity (Wildman–Crippen MR) is 63.7 cm³/mol. The van der Waals surface area contributed by atoms with E-state index in [1.165, 1.54) is 12.1 Å². The van der Waals surface area contributed by atoms with Crippen LogP contribution in [0.4, 0.5) is 8.78 Å². The molecular weight excluding hydrogens is 222 g/mol. The molecule has 0 amide bonds. The van der Waals surface area contributed by atoms with Gasteiger partial charge in [-0.05, 0) is 30.7 Å². The molecule has 1 aliphatic heterocycles. The van der Waals surface area contributed by atoms with Crippen LogP contribution in [-0.4, -0.2) is 30.6 Å². The number of nitrogens with zero attached hydrogens (tertiary/aromatic N) is 1. The van der Waals surface area contributed by atoms with Crippen molar-refractivity contribution in [3.8, 4) is 0 Å². The van der Waals surface area contributed by atoms with Gasteiger partial charge in [0, 0.05) is 31.7 Å². The molecule has 17 heavy (non-hydrogen) atoms. The Balaban J connectivity index is 2.05. The van der Waals surface area contributed by atoms with Crippen molar-refractivity contribution in [2.75, 3.05) is 19.6 Å². The minimum Gasteiger partial charge on any atom is -0.314 e. The maximum absolute atomic E-state index is 13.1. The second-order valence-corrected chi connectivity index (χ2v) is 4.56. The van der Waals surface area contributed by atoms with Crippen LogP contribution in [0.3, 0.4) is 0 Å². The third kappa shape index (κ3) is 3.23. The molecule has 0 bridgehead atoms. The van der Waals surface area contributed by atoms with Crippen molar-refractivity contribution in [3.05, 3.63) is 35.4 Å². The van der Waals surface area contributed by atoms with Gasteiger partial charge in [-0.3, -0.25) is 4.90 Å². The van der Waals surface area contributed by atoms with Crippen molar-refractivity contribution in [2.45, 2.75) is 25.9 Å². The molecule has 2 nitrogen and oxygen atoms in total. The summed E-state index contributed by atoms with van der Waals surface area (Å²) in [7, 11) is 0. The minimum absolute atomic E-state index is 0.497. The van der Waals surface area contributed by atoms with Gasteiger partial charge in [0.1, 0.15) is 11.6 Å². The van der Waals surface area contributed by atoms with E-state index in [0.29, 0.717) is 18.2 Å². The van der Waals surface area contributed by atoms with Crippen LogP contribution in [0, 0.1) is 11.6 Å². The molecule has 1 aromatic carbocycles. The Hall–Kier alpha value is -1.00. The fourth-order valence-corrected chi connectivity index (χ4v) is 2.15. The summed E-state index contributed by atoms with van der Waals surface area (Å²) < 4.78 is 26.2. The molecule has 1 heterocycles. The predicted octanol–water partition coefficient (Wildman–Crippen LogP) is 2.15. The lowest BCUT2D eigenvalue weighted by Gasteiger charge is -2.38. The first-order valence-corrected chi connectivity index (χ1v) is 6.08. The molecule has 0 radical (unpaired) electrons. The smallest absolute Gasteiger partial charge is 0.126 e. The van der Waals surface area contributed by atoms with Crippen LogP contribution in [0.2, 0.25) is 0 Å². The first-order chi connectivity index (χ1) is 8.19. The van der Waals surface area contributed by atoms with Crippen LogP contribution in [0.5, 0.6) is 0 Å². The molecule has 1 fully saturated rings. The lowest BCUT2D eigenvalue weighted by molar-refractivity contribution is 0.137. The zero-order valence-corrected chi connectivity index (χ0v) is 10.0. The van der Waals surface area contributed by atoms with E-state index in [9.17, 15) is 8.78 Å². The Morgan fingerprint density at radius 2 is 1.88 bits per heavy atom. The fraction of sp³-hybridized carbons (Fsp3) is 0.538. The maximum Gasteiger partial charge on any atom is 0.126 e. The van der Waals surface area contributed by atoms with E-state index in [1.54, 1.807) is 0 Å². The summed E-state index contributed by atoms with van der Waals surface area (Å²) in [5, 5.41) is 3.22. The molecule has 0 spiro atoms. The first-order valence-electron chi connectivity index (χ1n) is 6.08. The van der Waals surface area contributed by atoms with Gasteiger partial charge in [-0.15, -0.1) is 0 Å². The van der Waals surface area contributed by atoms with Gasteiger partial charge in [-0.1, -0.05) is 6.92 Å². The van der Waals surface area contributed by atoms with Crippen molar-refractivity contribution in [3.63, 3.8) is 0 Å². The van der Waals surface area contributed by atoms with Crippen LogP contribution in [0.15, 0.2) is 18.2 Å². The molecule has 1 N–H and O–H groups in total. The van der Waals surface area contributed by atoms with Gasteiger partial charge < -0.3 is 5.32 Å². The standard InChI is InChI=1S/C13H18F2N2/c1-2-3-17(13-7-16-8-13)9-10-4-11(14)6-12(15)5-10/h4-6,13,16H,2-3,7-9H2,1H3. The maximum atomic E-state index is 13.1. The van der Waals surface area contributed by atoms with E-state index in [0.717, 1.165) is 32.1 Å². The number of hydrogen-bond donors (Lipinski definition) is 1. The van der Waals surface area contributed by atoms with Crippen molar-refractivity contribution in [1.82, 2.24) is 10.2 Å². The second-order valence-electron chi connectivity index (χ2n) is 4.56. The summed E-state index contributed by atoms with van der Waals surface area (Å²) in [4.78, 5) is 2.28. The van der Waals surface area contributed by atoms with E-state index in [1.807, 2.05) is 0 Å². The summed E-state index contributed by atoms with van der Waals surface area (Å²) in [5.74, 6) is -0.994. The fourth-order valence-electron chi connectivity index (χ4n) is 2.15. The van der Waals surface area contributed by atoms with Crippen LogP contribution in [0.1, 0.15) is 18.9 Å². The first kappa shape index (κ1) is 12.5. The average molecular weight is 240 g/mol. The van der Waals surface area contributed by atoms with Gasteiger partial charge in [0.05, 0.1) is 0 Å². The second kappa shape index (κ2) is 5.56. The molecule has 2 rings (SSSR count). The van der Waals surface area contributed by atoms with Gasteiger partial charge in [0.15, 0.2) is 0 Å². The van der Waals surface area contributed by atoms with Gasteiger partial charge >= 0.3 is 0 Å². The van der Waals surface area contributed by atoms with Crippen LogP contribution >= 0.6 is 0 Å². The zero-order valence-electron chi connectivity index (χ0n) is 10.0. The normalized spacial score (nSPS) is 16.2. The Morgan fingerprint density at radius 1 is 1.24 bits per heavy atom. The van der Waals surface area contributed by atoms with Gasteiger partial charge in [-0.25, -0.2) is 8.78 Å². The highest BCUT2D eigenvalue weighted by Gasteiger charge is 2.23. The zero-order chi connectivity index (χ0) is 12.3. The van der Waals surface area contributed by atoms with Crippen molar-refractivity contribution >= 4 is 0 Å². The van der Waals surface area contributed by atoms with Gasteiger partial charge in [0.25, 0.3) is 0 Å². The van der Waals surface area contributed by atoms with Crippen molar-refractivity contribution < 1.29 is 8.78 Å². The molecule has 0 unspecified atom stereocenters. The molecule has 4 heteroatoms. The number of rotatable bonds is 5. The molecule has 0 atom stereocenters. The summed E-state index contributed by atoms with van der Waals surface area (Å²) in [6, 6.07) is 4.25. The Labute approximate surface area is 101 Å². The van der Waals surface area contributed by atoms with Crippen LogP contribution in [0.25, 0.3) is 0 Å². The molecular formula is C13H18F2N2. The number of hydrogen-bond acceptors (Lipinski definition) is 2. The topological polar surface area (TPSA) is 15.3 Å². The van der Waals surface area contributed by atoms with Gasteiger partial charge in [-0.2, -0.15) is 0 Å². The highest BCUT2D eigenvalue weighted by molar-refractivity contribution is 5.18. The highest BCUT2D eigenvalue weighted by Crippen LogP contribution is 2.14. The number of halogens is 2. The van der Waals surface area contributed by atoms with Crippen molar-refractivity contribution in [1.29, 1.82) is 0 Å². The molecule has 0 aromatic heterocycles. The van der Waals surface area contributed by atoms with Crippen LogP contribution < -0.4 is 5.32 Å². The lowest BCUT2D eigenvalue weighted by Crippen LogP contribution is -2.56. The van der Waals surface area contributed by atoms with Crippen LogP contribution in [-0.2, 0) is 6.54 Å². The van der Waals surface area contributed by atoms with Gasteiger partial charge in [0.2, 0.25) is 0 Å². The Bertz CT molecular complexity index is 357. The van der Waals surface area contributed by atoms with E-state index < -0.39 is 11.6 Å². The molecule has 1 aliphatic rings. The lowest BCUT2D eigenvalue weighted by atomic mass is 10.1. The van der Waals surface area contributed by atoms with E-state index in [4.69, 9.17) is 0 Å². The average Bonchev–Trinajstić information content (AvgIpc) is 2.13. The largest absolute Gasteiger partial charge is 0.314 e. The Morgan fingerprint density at radius 3 is 2.35 bits per heavy atom. The molecule has 1 aromatic rings. The molecule has 94 valence electrons. The summed E-state index contributed by atoms with van der Waals surface area (Å²) >= 11 is 0. The SMILES string of the molecule is CCCN(Cc1cc(F)cc(F)c1)C1CNC1. The molecule has 0 aliphatic carbocycles. The quantitative estimate of drug-likeness (QED) is 0.848. The molecule has 0 saturated carbocycles.